The molecule has 0 saturated carbocycles. The molecule has 1 fully saturated rings. The van der Waals surface area contributed by atoms with Gasteiger partial charge in [-0.05, 0) is 38.7 Å². The van der Waals surface area contributed by atoms with Crippen molar-refractivity contribution in [2.24, 2.45) is 0 Å². The van der Waals surface area contributed by atoms with Crippen molar-refractivity contribution in [1.29, 1.82) is 0 Å². The van der Waals surface area contributed by atoms with Gasteiger partial charge in [0.1, 0.15) is 0 Å². The predicted octanol–water partition coefficient (Wildman–Crippen LogP) is 3.90. The molecule has 1 aromatic rings. The first kappa shape index (κ1) is 16.4. The Morgan fingerprint density at radius 3 is 1.80 bits per heavy atom. The minimum absolute atomic E-state index is 0.339. The average Bonchev–Trinajstić information content (AvgIpc) is 2.47. The lowest BCUT2D eigenvalue weighted by molar-refractivity contribution is 0.00578. The summed E-state index contributed by atoms with van der Waals surface area (Å²) >= 11 is 17.4. The fraction of sp³-hybridized carbons (Fsp3) is 0.571. The zero-order valence-electron chi connectivity index (χ0n) is 12.0. The molecule has 6 heteroatoms. The molecule has 110 valence electrons. The molecule has 1 aromatic carbocycles. The molecular weight excluding hydrogens is 317 g/mol. The van der Waals surface area contributed by atoms with E-state index in [2.05, 4.69) is 0 Å². The predicted molar refractivity (Wildman–Crippen MR) is 86.2 cm³/mol. The van der Waals surface area contributed by atoms with Gasteiger partial charge in [-0.25, -0.2) is 0 Å². The van der Waals surface area contributed by atoms with Gasteiger partial charge in [0.25, 0.3) is 0 Å². The van der Waals surface area contributed by atoms with E-state index in [1.807, 2.05) is 52.0 Å². The molecular formula is C14H18BCl3O2. The molecule has 0 amide bonds. The van der Waals surface area contributed by atoms with Crippen LogP contribution in [0.4, 0.5) is 0 Å². The van der Waals surface area contributed by atoms with Gasteiger partial charge in [0.05, 0.1) is 11.2 Å². The maximum Gasteiger partial charge on any atom is 0.494 e. The molecule has 1 aliphatic rings. The fourth-order valence-electron chi connectivity index (χ4n) is 2.00. The highest BCUT2D eigenvalue weighted by Gasteiger charge is 2.51. The minimum atomic E-state index is -1.27. The van der Waals surface area contributed by atoms with Crippen LogP contribution in [0.3, 0.4) is 0 Å². The monoisotopic (exact) mass is 334 g/mol. The van der Waals surface area contributed by atoms with Gasteiger partial charge in [-0.3, -0.25) is 0 Å². The Bertz CT molecular complexity index is 464. The van der Waals surface area contributed by atoms with E-state index in [4.69, 9.17) is 44.1 Å². The summed E-state index contributed by atoms with van der Waals surface area (Å²) in [6.07, 6.45) is 0.376. The van der Waals surface area contributed by atoms with Crippen LogP contribution >= 0.6 is 34.8 Å². The number of halogens is 3. The third-order valence-electron chi connectivity index (χ3n) is 3.91. The van der Waals surface area contributed by atoms with Gasteiger partial charge in [0, 0.05) is 6.42 Å². The van der Waals surface area contributed by atoms with Crippen molar-refractivity contribution in [1.82, 2.24) is 0 Å². The van der Waals surface area contributed by atoms with E-state index in [9.17, 15) is 0 Å². The molecule has 0 radical (unpaired) electrons. The Hall–Kier alpha value is 0.0749. The Kier molecular flexibility index (Phi) is 4.41. The summed E-state index contributed by atoms with van der Waals surface area (Å²) in [6.45, 7) is 8.13. The second-order valence-corrected chi connectivity index (χ2v) is 8.64. The second kappa shape index (κ2) is 5.37. The summed E-state index contributed by atoms with van der Waals surface area (Å²) in [7, 11) is -0.359. The first-order valence-corrected chi connectivity index (χ1v) is 7.65. The van der Waals surface area contributed by atoms with E-state index in [-0.39, 0.29) is 18.3 Å². The SMILES string of the molecule is CC1(C)OB(c2ccc(CC(Cl)(Cl)Cl)cc2)OC1(C)C. The van der Waals surface area contributed by atoms with Crippen LogP contribution in [0.15, 0.2) is 24.3 Å². The molecule has 0 unspecified atom stereocenters. The Balaban J connectivity index is 2.12. The Labute approximate surface area is 135 Å². The maximum atomic E-state index is 5.99. The van der Waals surface area contributed by atoms with E-state index in [1.165, 1.54) is 0 Å². The molecule has 1 aliphatic heterocycles. The molecule has 1 saturated heterocycles. The number of alkyl halides is 3. The standard InChI is InChI=1S/C14H18BCl3O2/c1-12(2)13(3,4)20-15(19-12)11-7-5-10(6-8-11)9-14(16,17)18/h5-8H,9H2,1-4H3. The van der Waals surface area contributed by atoms with E-state index >= 15 is 0 Å². The van der Waals surface area contributed by atoms with Crippen LogP contribution in [0.5, 0.6) is 0 Å². The van der Waals surface area contributed by atoms with Crippen LogP contribution < -0.4 is 5.46 Å². The summed E-state index contributed by atoms with van der Waals surface area (Å²) in [6, 6.07) is 7.77. The topological polar surface area (TPSA) is 18.5 Å². The third-order valence-corrected chi connectivity index (χ3v) is 4.31. The Morgan fingerprint density at radius 1 is 0.950 bits per heavy atom. The van der Waals surface area contributed by atoms with E-state index in [0.29, 0.717) is 6.42 Å². The van der Waals surface area contributed by atoms with Gasteiger partial charge in [-0.1, -0.05) is 59.1 Å². The maximum absolute atomic E-state index is 5.99. The normalized spacial score (nSPS) is 21.2. The molecule has 0 N–H and O–H groups in total. The van der Waals surface area contributed by atoms with Crippen molar-refractivity contribution in [3.05, 3.63) is 29.8 Å². The first-order chi connectivity index (χ1) is 9.00. The lowest BCUT2D eigenvalue weighted by Crippen LogP contribution is -2.41. The Morgan fingerprint density at radius 2 is 1.40 bits per heavy atom. The van der Waals surface area contributed by atoms with E-state index in [1.54, 1.807) is 0 Å². The molecule has 20 heavy (non-hydrogen) atoms. The van der Waals surface area contributed by atoms with E-state index < -0.39 is 3.79 Å². The van der Waals surface area contributed by atoms with Crippen molar-refractivity contribution in [3.63, 3.8) is 0 Å². The molecule has 1 heterocycles. The average molecular weight is 335 g/mol. The van der Waals surface area contributed by atoms with Gasteiger partial charge >= 0.3 is 7.12 Å². The zero-order chi connectivity index (χ0) is 15.2. The van der Waals surface area contributed by atoms with Crippen molar-refractivity contribution in [2.45, 2.75) is 49.1 Å². The van der Waals surface area contributed by atoms with Crippen LogP contribution in [0, 0.1) is 0 Å². The molecule has 0 aliphatic carbocycles. The summed E-state index contributed by atoms with van der Waals surface area (Å²) in [5, 5.41) is 0. The van der Waals surface area contributed by atoms with Gasteiger partial charge in [0.2, 0.25) is 0 Å². The van der Waals surface area contributed by atoms with Gasteiger partial charge in [-0.2, -0.15) is 0 Å². The van der Waals surface area contributed by atoms with Crippen LogP contribution in [-0.2, 0) is 15.7 Å². The van der Waals surface area contributed by atoms with Gasteiger partial charge in [-0.15, -0.1) is 0 Å². The van der Waals surface area contributed by atoms with Crippen LogP contribution in [0.25, 0.3) is 0 Å². The first-order valence-electron chi connectivity index (χ1n) is 6.51. The van der Waals surface area contributed by atoms with Crippen molar-refractivity contribution >= 4 is 47.4 Å². The highest BCUT2D eigenvalue weighted by molar-refractivity contribution is 6.67. The summed E-state index contributed by atoms with van der Waals surface area (Å²) < 4.78 is 10.7. The molecule has 0 bridgehead atoms. The van der Waals surface area contributed by atoms with E-state index in [0.717, 1.165) is 11.0 Å². The molecule has 2 rings (SSSR count). The summed E-state index contributed by atoms with van der Waals surface area (Å²) in [5.74, 6) is 0. The molecule has 0 atom stereocenters. The van der Waals surface area contributed by atoms with Gasteiger partial charge in [0.15, 0.2) is 3.79 Å². The smallest absolute Gasteiger partial charge is 0.399 e. The lowest BCUT2D eigenvalue weighted by Gasteiger charge is -2.32. The molecule has 2 nitrogen and oxygen atoms in total. The number of benzene rings is 1. The molecule has 0 spiro atoms. The summed E-state index contributed by atoms with van der Waals surface area (Å²) in [5.41, 5.74) is 1.25. The largest absolute Gasteiger partial charge is 0.494 e. The quantitative estimate of drug-likeness (QED) is 0.603. The van der Waals surface area contributed by atoms with Crippen LogP contribution in [0.1, 0.15) is 33.3 Å². The molecule has 0 aromatic heterocycles. The highest BCUT2D eigenvalue weighted by Crippen LogP contribution is 2.36. The number of hydrogen-bond acceptors (Lipinski definition) is 2. The third kappa shape index (κ3) is 3.64. The lowest BCUT2D eigenvalue weighted by atomic mass is 9.79. The van der Waals surface area contributed by atoms with Crippen LogP contribution in [-0.4, -0.2) is 22.1 Å². The number of hydrogen-bond donors (Lipinski definition) is 0. The van der Waals surface area contributed by atoms with Crippen molar-refractivity contribution in [2.75, 3.05) is 0 Å². The van der Waals surface area contributed by atoms with Crippen molar-refractivity contribution in [3.8, 4) is 0 Å². The second-order valence-electron chi connectivity index (χ2n) is 6.12. The fourth-order valence-corrected chi connectivity index (χ4v) is 2.47. The minimum Gasteiger partial charge on any atom is -0.399 e. The summed E-state index contributed by atoms with van der Waals surface area (Å²) in [4.78, 5) is 0. The number of rotatable bonds is 2. The van der Waals surface area contributed by atoms with Gasteiger partial charge < -0.3 is 9.31 Å². The van der Waals surface area contributed by atoms with Crippen LogP contribution in [0.2, 0.25) is 0 Å². The highest BCUT2D eigenvalue weighted by atomic mass is 35.6. The zero-order valence-corrected chi connectivity index (χ0v) is 14.3. The van der Waals surface area contributed by atoms with Crippen molar-refractivity contribution < 1.29 is 9.31 Å².